The summed E-state index contributed by atoms with van der Waals surface area (Å²) in [7, 11) is 1.35. The average Bonchev–Trinajstić information content (AvgIpc) is 1.65. The highest BCUT2D eigenvalue weighted by atomic mass is 16.5. The van der Waals surface area contributed by atoms with Gasteiger partial charge in [-0.3, -0.25) is 4.79 Å². The Balaban J connectivity index is -0.0000000104. The number of Topliss-reactive ketones (excluding diaryl/α,β-unsaturated/α-hetero) is 1. The Bertz CT molecular complexity index is 94.7. The number of esters is 1. The third kappa shape index (κ3) is 881. The van der Waals surface area contributed by atoms with Crippen LogP contribution in [0, 0.1) is 0 Å². The van der Waals surface area contributed by atoms with Crippen LogP contribution in [0.1, 0.15) is 57.9 Å². The maximum Gasteiger partial charge on any atom is 0.302 e. The van der Waals surface area contributed by atoms with Crippen LogP contribution in [-0.4, -0.2) is 18.9 Å². The molecule has 0 fully saturated rings. The van der Waals surface area contributed by atoms with Gasteiger partial charge in [-0.2, -0.15) is 0 Å². The quantitative estimate of drug-likeness (QED) is 0.571. The number of ketones is 1. The Kier molecular flexibility index (Phi) is 147. The van der Waals surface area contributed by atoms with Gasteiger partial charge in [0.05, 0.1) is 7.11 Å². The molecule has 0 atom stereocenters. The minimum atomic E-state index is -0.245. The zero-order valence-electron chi connectivity index (χ0n) is 6.22. The molecule has 0 aliphatic rings. The van der Waals surface area contributed by atoms with E-state index in [0.29, 0.717) is 0 Å². The first-order valence-electron chi connectivity index (χ1n) is 2.52. The van der Waals surface area contributed by atoms with Crippen LogP contribution < -0.4 is 0 Å². The lowest BCUT2D eigenvalue weighted by Gasteiger charge is -1.80. The first kappa shape index (κ1) is 51.4. The van der Waals surface area contributed by atoms with Gasteiger partial charge in [-0.15, -0.1) is 0 Å². The third-order valence-corrected chi connectivity index (χ3v) is 0.287. The monoisotopic (exact) mass is 212 g/mol. The molecule has 0 heterocycles. The second-order valence-electron chi connectivity index (χ2n) is 1.60. The van der Waals surface area contributed by atoms with E-state index >= 15 is 0 Å². The van der Waals surface area contributed by atoms with Crippen molar-refractivity contribution in [3.8, 4) is 0 Å². The lowest BCUT2D eigenvalue weighted by molar-refractivity contribution is -0.137. The molecule has 0 saturated heterocycles. The second-order valence-corrected chi connectivity index (χ2v) is 1.60. The highest BCUT2D eigenvalue weighted by molar-refractivity contribution is 5.72. The number of rotatable bonds is 0. The SMILES string of the molecule is C.C.C.C.C.CC(C)=O.COC(C)=O. The molecule has 0 radical (unpaired) electrons. The Labute approximate surface area is 91.9 Å². The number of ether oxygens (including phenoxy) is 1. The second kappa shape index (κ2) is 40.0. The van der Waals surface area contributed by atoms with Gasteiger partial charge in [-0.05, 0) is 13.8 Å². The van der Waals surface area contributed by atoms with Crippen molar-refractivity contribution in [2.24, 2.45) is 0 Å². The molecule has 0 aliphatic heterocycles. The first-order chi connectivity index (χ1) is 4.00. The molecular weight excluding hydrogens is 180 g/mol. The molecule has 0 aromatic heterocycles. The fourth-order valence-corrected chi connectivity index (χ4v) is 0. The van der Waals surface area contributed by atoms with Crippen molar-refractivity contribution in [1.29, 1.82) is 0 Å². The number of hydrogen-bond donors (Lipinski definition) is 0. The van der Waals surface area contributed by atoms with E-state index in [1.165, 1.54) is 27.9 Å². The highest BCUT2D eigenvalue weighted by Gasteiger charge is 1.75. The van der Waals surface area contributed by atoms with Gasteiger partial charge < -0.3 is 9.53 Å². The van der Waals surface area contributed by atoms with Gasteiger partial charge >= 0.3 is 5.97 Å². The molecular formula is C11H32O3. The summed E-state index contributed by atoms with van der Waals surface area (Å²) < 4.78 is 4.11. The van der Waals surface area contributed by atoms with Crippen LogP contribution >= 0.6 is 0 Å². The lowest BCUT2D eigenvalue weighted by atomic mass is 10.6. The predicted molar refractivity (Wildman–Crippen MR) is 67.7 cm³/mol. The summed E-state index contributed by atoms with van der Waals surface area (Å²) in [6.07, 6.45) is 0. The summed E-state index contributed by atoms with van der Waals surface area (Å²) in [4.78, 5) is 19.0. The molecule has 0 unspecified atom stereocenters. The maximum absolute atomic E-state index is 9.59. The van der Waals surface area contributed by atoms with Gasteiger partial charge in [0.15, 0.2) is 0 Å². The van der Waals surface area contributed by atoms with E-state index < -0.39 is 0 Å². The van der Waals surface area contributed by atoms with Gasteiger partial charge in [0.1, 0.15) is 5.78 Å². The number of carbonyl (C=O) groups excluding carboxylic acids is 2. The molecule has 0 bridgehead atoms. The normalized spacial score (nSPS) is 4.29. The topological polar surface area (TPSA) is 43.4 Å². The van der Waals surface area contributed by atoms with Gasteiger partial charge in [-0.25, -0.2) is 0 Å². The van der Waals surface area contributed by atoms with Crippen LogP contribution in [-0.2, 0) is 14.3 Å². The minimum Gasteiger partial charge on any atom is -0.469 e. The molecule has 0 N–H and O–H groups in total. The van der Waals surface area contributed by atoms with Crippen LogP contribution in [0.25, 0.3) is 0 Å². The van der Waals surface area contributed by atoms with Crippen LogP contribution in [0.2, 0.25) is 0 Å². The molecule has 0 aromatic rings. The van der Waals surface area contributed by atoms with E-state index in [1.54, 1.807) is 0 Å². The molecule has 0 spiro atoms. The average molecular weight is 212 g/mol. The van der Waals surface area contributed by atoms with E-state index in [9.17, 15) is 9.59 Å². The van der Waals surface area contributed by atoms with Crippen molar-refractivity contribution in [2.45, 2.75) is 57.9 Å². The van der Waals surface area contributed by atoms with Crippen molar-refractivity contribution in [1.82, 2.24) is 0 Å². The van der Waals surface area contributed by atoms with Crippen LogP contribution in [0.3, 0.4) is 0 Å². The van der Waals surface area contributed by atoms with Crippen molar-refractivity contribution in [2.75, 3.05) is 7.11 Å². The van der Waals surface area contributed by atoms with Crippen LogP contribution in [0.15, 0.2) is 0 Å². The predicted octanol–water partition coefficient (Wildman–Crippen LogP) is 3.96. The smallest absolute Gasteiger partial charge is 0.302 e. The van der Waals surface area contributed by atoms with Crippen molar-refractivity contribution < 1.29 is 14.3 Å². The molecule has 0 rings (SSSR count). The molecule has 14 heavy (non-hydrogen) atoms. The van der Waals surface area contributed by atoms with Gasteiger partial charge in [-0.1, -0.05) is 37.1 Å². The zero-order chi connectivity index (χ0) is 7.86. The Morgan fingerprint density at radius 2 is 0.857 bits per heavy atom. The zero-order valence-corrected chi connectivity index (χ0v) is 6.22. The summed E-state index contributed by atoms with van der Waals surface area (Å²) in [5.41, 5.74) is 0. The summed E-state index contributed by atoms with van der Waals surface area (Å²) in [5, 5.41) is 0. The Morgan fingerprint density at radius 1 is 0.786 bits per heavy atom. The van der Waals surface area contributed by atoms with Crippen molar-refractivity contribution >= 4 is 11.8 Å². The molecule has 0 aliphatic carbocycles. The molecule has 0 amide bonds. The molecule has 0 aromatic carbocycles. The van der Waals surface area contributed by atoms with Crippen LogP contribution in [0.5, 0.6) is 0 Å². The fourth-order valence-electron chi connectivity index (χ4n) is 0. The van der Waals surface area contributed by atoms with E-state index in [-0.39, 0.29) is 48.9 Å². The van der Waals surface area contributed by atoms with Crippen LogP contribution in [0.4, 0.5) is 0 Å². The molecule has 3 heteroatoms. The van der Waals surface area contributed by atoms with Gasteiger partial charge in [0, 0.05) is 6.92 Å². The Morgan fingerprint density at radius 3 is 0.857 bits per heavy atom. The fraction of sp³-hybridized carbons (Fsp3) is 0.818. The van der Waals surface area contributed by atoms with Crippen molar-refractivity contribution in [3.05, 3.63) is 0 Å². The van der Waals surface area contributed by atoms with E-state index in [4.69, 9.17) is 0 Å². The Hall–Kier alpha value is -0.860. The summed E-state index contributed by atoms with van der Waals surface area (Å²) in [6.45, 7) is 4.42. The standard InChI is InChI=1S/C3H6O2.C3H6O.5CH4/c1-3(4)5-2;1-3(2)4;;;;;/h1-2H3;1-2H3;5*1H4. The summed E-state index contributed by atoms with van der Waals surface area (Å²) >= 11 is 0. The van der Waals surface area contributed by atoms with E-state index in [1.807, 2.05) is 0 Å². The maximum atomic E-state index is 9.59. The minimum absolute atomic E-state index is 0. The van der Waals surface area contributed by atoms with E-state index in [0.717, 1.165) is 0 Å². The van der Waals surface area contributed by atoms with Crippen molar-refractivity contribution in [3.63, 3.8) is 0 Å². The largest absolute Gasteiger partial charge is 0.469 e. The molecule has 0 saturated carbocycles. The first-order valence-corrected chi connectivity index (χ1v) is 2.52. The lowest BCUT2D eigenvalue weighted by Crippen LogP contribution is -1.88. The van der Waals surface area contributed by atoms with Gasteiger partial charge in [0.2, 0.25) is 0 Å². The third-order valence-electron chi connectivity index (χ3n) is 0.287. The van der Waals surface area contributed by atoms with Gasteiger partial charge in [0.25, 0.3) is 0 Å². The summed E-state index contributed by atoms with van der Waals surface area (Å²) in [6, 6.07) is 0. The summed E-state index contributed by atoms with van der Waals surface area (Å²) in [5.74, 6) is -0.0787. The number of methoxy groups -OCH3 is 1. The molecule has 3 nitrogen and oxygen atoms in total. The number of carbonyl (C=O) groups is 2. The van der Waals surface area contributed by atoms with E-state index in [2.05, 4.69) is 4.74 Å². The molecule has 94 valence electrons. The number of hydrogen-bond acceptors (Lipinski definition) is 3. The highest BCUT2D eigenvalue weighted by Crippen LogP contribution is 1.60.